The Bertz CT molecular complexity index is 2400. The van der Waals surface area contributed by atoms with Crippen molar-refractivity contribution in [3.63, 3.8) is 0 Å². The minimum atomic E-state index is -0.429. The third-order valence-electron chi connectivity index (χ3n) is 9.49. The van der Waals surface area contributed by atoms with Gasteiger partial charge in [0.2, 0.25) is 0 Å². The molecule has 2 aromatic heterocycles. The Morgan fingerprint density at radius 1 is 0.447 bits per heavy atom. The predicted octanol–water partition coefficient (Wildman–Crippen LogP) is 10.9. The first-order chi connectivity index (χ1) is 23.3. The number of thiophene rings is 1. The zero-order valence-electron chi connectivity index (χ0n) is 25.1. The van der Waals surface area contributed by atoms with E-state index in [9.17, 15) is 0 Å². The molecule has 220 valence electrons. The van der Waals surface area contributed by atoms with Gasteiger partial charge in [-0.2, -0.15) is 0 Å². The summed E-state index contributed by atoms with van der Waals surface area (Å²) in [5.41, 5.74) is 10.3. The lowest BCUT2D eigenvalue weighted by molar-refractivity contribution is 0.723. The number of hydrogen-bond acceptors (Lipinski definition) is 5. The number of hydrogen-bond donors (Lipinski definition) is 0. The minimum Gasteiger partial charge on any atom is -0.208 e. The van der Waals surface area contributed by atoms with Crippen molar-refractivity contribution in [1.29, 1.82) is 0 Å². The van der Waals surface area contributed by atoms with Gasteiger partial charge in [-0.25, -0.2) is 15.0 Å². The van der Waals surface area contributed by atoms with Gasteiger partial charge in [0.25, 0.3) is 0 Å². The van der Waals surface area contributed by atoms with E-state index in [2.05, 4.69) is 115 Å². The fourth-order valence-corrected chi connectivity index (χ4v) is 9.51. The van der Waals surface area contributed by atoms with Crippen LogP contribution in [0.5, 0.6) is 0 Å². The number of benzene rings is 6. The average molecular weight is 636 g/mol. The molecule has 0 atom stereocenters. The summed E-state index contributed by atoms with van der Waals surface area (Å²) in [6.45, 7) is 0. The largest absolute Gasteiger partial charge is 0.208 e. The lowest BCUT2D eigenvalue weighted by Gasteiger charge is -2.39. The van der Waals surface area contributed by atoms with E-state index in [0.717, 1.165) is 16.7 Å². The van der Waals surface area contributed by atoms with Gasteiger partial charge >= 0.3 is 0 Å². The van der Waals surface area contributed by atoms with Gasteiger partial charge in [-0.05, 0) is 69.1 Å². The van der Waals surface area contributed by atoms with E-state index in [1.165, 1.54) is 53.3 Å². The molecule has 0 radical (unpaired) electrons. The predicted molar refractivity (Wildman–Crippen MR) is 193 cm³/mol. The maximum absolute atomic E-state index is 5.09. The fourth-order valence-electron chi connectivity index (χ4n) is 7.52. The molecule has 8 aromatic rings. The van der Waals surface area contributed by atoms with Crippen molar-refractivity contribution in [1.82, 2.24) is 15.0 Å². The van der Waals surface area contributed by atoms with E-state index in [4.69, 9.17) is 15.0 Å². The second kappa shape index (κ2) is 10.3. The second-order valence-electron chi connectivity index (χ2n) is 12.0. The quantitative estimate of drug-likeness (QED) is 0.194. The molecule has 0 N–H and O–H groups in total. The van der Waals surface area contributed by atoms with Crippen LogP contribution in [0.15, 0.2) is 161 Å². The maximum atomic E-state index is 5.09. The molecule has 0 unspecified atom stereocenters. The van der Waals surface area contributed by atoms with E-state index in [1.54, 1.807) is 11.3 Å². The summed E-state index contributed by atoms with van der Waals surface area (Å²) in [6, 6.07) is 52.1. The standard InChI is InChI=1S/C42H25N3S2/c1-3-11-26(12-4-1)39-43-40(27-13-5-2-6-14-27)45-41(44-39)28-19-20-31-30(25-28)38-29-23-24-46-35(29)22-21-34(38)42(31)32-15-7-9-17-36(32)47-37-18-10-8-16-33(37)42/h1-25H. The lowest BCUT2D eigenvalue weighted by atomic mass is 9.67. The van der Waals surface area contributed by atoms with Crippen molar-refractivity contribution in [3.8, 4) is 45.3 Å². The number of aromatic nitrogens is 3. The Labute approximate surface area is 280 Å². The number of rotatable bonds is 3. The van der Waals surface area contributed by atoms with E-state index < -0.39 is 5.41 Å². The first-order valence-corrected chi connectivity index (χ1v) is 17.4. The second-order valence-corrected chi connectivity index (χ2v) is 14.0. The van der Waals surface area contributed by atoms with Crippen LogP contribution in [0.1, 0.15) is 22.3 Å². The lowest BCUT2D eigenvalue weighted by Crippen LogP contribution is -2.31. The highest BCUT2D eigenvalue weighted by Crippen LogP contribution is 2.63. The first-order valence-electron chi connectivity index (χ1n) is 15.7. The van der Waals surface area contributed by atoms with Gasteiger partial charge in [0.05, 0.1) is 5.41 Å². The molecule has 1 spiro atoms. The van der Waals surface area contributed by atoms with Crippen LogP contribution in [0.4, 0.5) is 0 Å². The highest BCUT2D eigenvalue weighted by Gasteiger charge is 2.50. The van der Waals surface area contributed by atoms with Gasteiger partial charge in [-0.15, -0.1) is 11.3 Å². The summed E-state index contributed by atoms with van der Waals surface area (Å²) >= 11 is 3.67. The van der Waals surface area contributed by atoms with Gasteiger partial charge in [0, 0.05) is 36.6 Å². The summed E-state index contributed by atoms with van der Waals surface area (Å²) < 4.78 is 1.29. The minimum absolute atomic E-state index is 0.429. The van der Waals surface area contributed by atoms with Crippen LogP contribution < -0.4 is 0 Å². The third kappa shape index (κ3) is 3.91. The van der Waals surface area contributed by atoms with Crippen LogP contribution in [-0.4, -0.2) is 15.0 Å². The fraction of sp³-hybridized carbons (Fsp3) is 0.0238. The normalized spacial score (nSPS) is 13.6. The number of nitrogens with zero attached hydrogens (tertiary/aromatic N) is 3. The first kappa shape index (κ1) is 26.8. The van der Waals surface area contributed by atoms with Crippen molar-refractivity contribution in [3.05, 3.63) is 173 Å². The Hall–Kier alpha value is -5.36. The molecule has 0 amide bonds. The molecule has 0 saturated carbocycles. The van der Waals surface area contributed by atoms with Crippen molar-refractivity contribution >= 4 is 33.2 Å². The topological polar surface area (TPSA) is 38.7 Å². The zero-order chi connectivity index (χ0) is 31.0. The van der Waals surface area contributed by atoms with Crippen LogP contribution in [-0.2, 0) is 5.41 Å². The van der Waals surface area contributed by atoms with Crippen LogP contribution in [0.2, 0.25) is 0 Å². The van der Waals surface area contributed by atoms with Crippen LogP contribution in [0.3, 0.4) is 0 Å². The molecule has 10 rings (SSSR count). The molecular formula is C42H25N3S2. The smallest absolute Gasteiger partial charge is 0.164 e. The van der Waals surface area contributed by atoms with Crippen molar-refractivity contribution in [2.75, 3.05) is 0 Å². The van der Waals surface area contributed by atoms with Crippen molar-refractivity contribution in [2.24, 2.45) is 0 Å². The summed E-state index contributed by atoms with van der Waals surface area (Å²) in [4.78, 5) is 17.7. The van der Waals surface area contributed by atoms with Crippen LogP contribution >= 0.6 is 23.1 Å². The molecule has 2 aliphatic rings. The molecular weight excluding hydrogens is 611 g/mol. The molecule has 1 aliphatic carbocycles. The monoisotopic (exact) mass is 635 g/mol. The Balaban J connectivity index is 1.27. The molecule has 3 heterocycles. The summed E-state index contributed by atoms with van der Waals surface area (Å²) in [5, 5.41) is 3.50. The van der Waals surface area contributed by atoms with E-state index in [1.807, 2.05) is 48.2 Å². The van der Waals surface area contributed by atoms with Crippen LogP contribution in [0.25, 0.3) is 55.4 Å². The van der Waals surface area contributed by atoms with Gasteiger partial charge in [-0.3, -0.25) is 0 Å². The van der Waals surface area contributed by atoms with E-state index in [-0.39, 0.29) is 0 Å². The molecule has 6 aromatic carbocycles. The molecule has 0 fully saturated rings. The van der Waals surface area contributed by atoms with Crippen molar-refractivity contribution < 1.29 is 0 Å². The zero-order valence-corrected chi connectivity index (χ0v) is 26.7. The summed E-state index contributed by atoms with van der Waals surface area (Å²) in [5.74, 6) is 2.00. The molecule has 5 heteroatoms. The highest BCUT2D eigenvalue weighted by atomic mass is 32.2. The highest BCUT2D eigenvalue weighted by molar-refractivity contribution is 7.99. The average Bonchev–Trinajstić information content (AvgIpc) is 3.74. The summed E-state index contributed by atoms with van der Waals surface area (Å²) in [6.07, 6.45) is 0. The molecule has 3 nitrogen and oxygen atoms in total. The van der Waals surface area contributed by atoms with E-state index >= 15 is 0 Å². The van der Waals surface area contributed by atoms with Gasteiger partial charge in [0.15, 0.2) is 17.5 Å². The Kier molecular flexibility index (Phi) is 5.89. The Morgan fingerprint density at radius 2 is 1.00 bits per heavy atom. The van der Waals surface area contributed by atoms with Gasteiger partial charge in [0.1, 0.15) is 0 Å². The SMILES string of the molecule is c1ccc(-c2nc(-c3ccccc3)nc(-c3ccc4c(c3)-c3c(ccc5sccc35)C43c4ccccc4Sc4ccccc43)n2)cc1. The molecule has 1 aliphatic heterocycles. The molecule has 0 bridgehead atoms. The molecule has 0 saturated heterocycles. The van der Waals surface area contributed by atoms with Crippen LogP contribution in [0, 0.1) is 0 Å². The van der Waals surface area contributed by atoms with E-state index in [0.29, 0.717) is 17.5 Å². The molecule has 47 heavy (non-hydrogen) atoms. The van der Waals surface area contributed by atoms with Gasteiger partial charge < -0.3 is 0 Å². The van der Waals surface area contributed by atoms with Gasteiger partial charge in [-0.1, -0.05) is 127 Å². The third-order valence-corrected chi connectivity index (χ3v) is 11.5. The number of fused-ring (bicyclic) bond motifs is 11. The maximum Gasteiger partial charge on any atom is 0.164 e. The Morgan fingerprint density at radius 3 is 1.64 bits per heavy atom. The summed E-state index contributed by atoms with van der Waals surface area (Å²) in [7, 11) is 0. The van der Waals surface area contributed by atoms with Crippen molar-refractivity contribution in [2.45, 2.75) is 15.2 Å².